The maximum Gasteiger partial charge on any atom is 0.321 e. The Bertz CT molecular complexity index is 992. The molecule has 2 aromatic carbocycles. The van der Waals surface area contributed by atoms with E-state index in [0.717, 1.165) is 11.3 Å². The lowest BCUT2D eigenvalue weighted by molar-refractivity contribution is 0.252. The number of carbonyl (C=O) groups is 1. The van der Waals surface area contributed by atoms with E-state index in [1.807, 2.05) is 12.1 Å². The molecule has 0 aliphatic carbocycles. The number of hydrogen-bond acceptors (Lipinski definition) is 4. The molecule has 140 valence electrons. The number of sulfonamides is 1. The number of anilines is 1. The fourth-order valence-electron chi connectivity index (χ4n) is 2.57. The van der Waals surface area contributed by atoms with Gasteiger partial charge in [0.15, 0.2) is 0 Å². The topological polar surface area (TPSA) is 87.7 Å². The lowest BCUT2D eigenvalue weighted by Gasteiger charge is -2.13. The quantitative estimate of drug-likeness (QED) is 0.765. The lowest BCUT2D eigenvalue weighted by atomic mass is 10.2. The van der Waals surface area contributed by atoms with Crippen molar-refractivity contribution >= 4 is 21.7 Å². The second-order valence-corrected chi connectivity index (χ2v) is 7.50. The summed E-state index contributed by atoms with van der Waals surface area (Å²) in [7, 11) is -2.18. The molecule has 0 unspecified atom stereocenters. The molecule has 0 bridgehead atoms. The largest absolute Gasteiger partial charge is 0.497 e. The van der Waals surface area contributed by atoms with Crippen LogP contribution in [0.15, 0.2) is 53.4 Å². The molecular weight excluding hydrogens is 366 g/mol. The molecule has 0 saturated carbocycles. The minimum Gasteiger partial charge on any atom is -0.497 e. The maximum atomic E-state index is 12.3. The summed E-state index contributed by atoms with van der Waals surface area (Å²) in [6.45, 7) is 1.25. The van der Waals surface area contributed by atoms with Gasteiger partial charge in [0.25, 0.3) is 0 Å². The molecule has 1 fully saturated rings. The number of ether oxygens (including phenoxy) is 1. The lowest BCUT2D eigenvalue weighted by Crippen LogP contribution is -2.27. The van der Waals surface area contributed by atoms with E-state index >= 15 is 0 Å². The van der Waals surface area contributed by atoms with E-state index in [0.29, 0.717) is 18.8 Å². The Morgan fingerprint density at radius 1 is 1.22 bits per heavy atom. The number of hydrogen-bond donors (Lipinski definition) is 2. The molecule has 0 aromatic heterocycles. The van der Waals surface area contributed by atoms with Crippen molar-refractivity contribution in [3.8, 4) is 17.6 Å². The van der Waals surface area contributed by atoms with Crippen molar-refractivity contribution in [3.05, 3.63) is 54.1 Å². The van der Waals surface area contributed by atoms with Crippen LogP contribution >= 0.6 is 0 Å². The smallest absolute Gasteiger partial charge is 0.321 e. The van der Waals surface area contributed by atoms with Crippen molar-refractivity contribution < 1.29 is 17.9 Å². The molecule has 0 spiro atoms. The van der Waals surface area contributed by atoms with Gasteiger partial charge in [0.05, 0.1) is 18.6 Å². The van der Waals surface area contributed by atoms with Crippen LogP contribution in [0, 0.1) is 11.8 Å². The Labute approximate surface area is 158 Å². The predicted molar refractivity (Wildman–Crippen MR) is 102 cm³/mol. The first-order chi connectivity index (χ1) is 13.0. The Morgan fingerprint density at radius 3 is 2.67 bits per heavy atom. The highest BCUT2D eigenvalue weighted by Crippen LogP contribution is 2.17. The Morgan fingerprint density at radius 2 is 2.00 bits per heavy atom. The summed E-state index contributed by atoms with van der Waals surface area (Å²) < 4.78 is 32.0. The van der Waals surface area contributed by atoms with E-state index in [-0.39, 0.29) is 17.5 Å². The van der Waals surface area contributed by atoms with Crippen LogP contribution in [0.5, 0.6) is 5.75 Å². The standard InChI is InChI=1S/C19H19N3O4S/c1-26-17-5-2-6-18(14-17)27(24,25)21-11-3-4-15-7-9-16(10-8-15)22-13-12-20-19(22)23/h2,5-10,14,21H,11-13H2,1H3,(H,20,23). The van der Waals surface area contributed by atoms with Gasteiger partial charge in [0.2, 0.25) is 10.0 Å². The molecule has 3 rings (SSSR count). The highest BCUT2D eigenvalue weighted by Gasteiger charge is 2.20. The SMILES string of the molecule is COc1cccc(S(=O)(=O)NCC#Cc2ccc(N3CCNC3=O)cc2)c1. The van der Waals surface area contributed by atoms with E-state index in [1.165, 1.54) is 19.2 Å². The van der Waals surface area contributed by atoms with Crippen LogP contribution in [-0.4, -0.2) is 41.2 Å². The summed E-state index contributed by atoms with van der Waals surface area (Å²) in [5.41, 5.74) is 1.54. The van der Waals surface area contributed by atoms with Gasteiger partial charge in [-0.1, -0.05) is 17.9 Å². The van der Waals surface area contributed by atoms with Gasteiger partial charge in [-0.05, 0) is 36.4 Å². The van der Waals surface area contributed by atoms with Crippen LogP contribution in [0.3, 0.4) is 0 Å². The molecular formula is C19H19N3O4S. The van der Waals surface area contributed by atoms with E-state index in [9.17, 15) is 13.2 Å². The number of rotatable bonds is 5. The highest BCUT2D eigenvalue weighted by atomic mass is 32.2. The van der Waals surface area contributed by atoms with Crippen molar-refractivity contribution in [1.82, 2.24) is 10.0 Å². The molecule has 2 N–H and O–H groups in total. The molecule has 1 aliphatic heterocycles. The summed E-state index contributed by atoms with van der Waals surface area (Å²) in [6.07, 6.45) is 0. The van der Waals surface area contributed by atoms with Gasteiger partial charge in [0.1, 0.15) is 5.75 Å². The molecule has 2 amide bonds. The molecule has 2 aromatic rings. The Balaban J connectivity index is 1.60. The van der Waals surface area contributed by atoms with Crippen LogP contribution < -0.4 is 19.7 Å². The van der Waals surface area contributed by atoms with E-state index in [1.54, 1.807) is 29.2 Å². The number of benzene rings is 2. The zero-order valence-electron chi connectivity index (χ0n) is 14.7. The molecule has 1 aliphatic rings. The van der Waals surface area contributed by atoms with Crippen molar-refractivity contribution in [2.24, 2.45) is 0 Å². The van der Waals surface area contributed by atoms with Gasteiger partial charge in [0, 0.05) is 30.4 Å². The molecule has 8 heteroatoms. The van der Waals surface area contributed by atoms with Crippen molar-refractivity contribution in [1.29, 1.82) is 0 Å². The minimum atomic E-state index is -3.65. The van der Waals surface area contributed by atoms with E-state index in [2.05, 4.69) is 21.9 Å². The monoisotopic (exact) mass is 385 g/mol. The van der Waals surface area contributed by atoms with Gasteiger partial charge >= 0.3 is 6.03 Å². The van der Waals surface area contributed by atoms with Crippen LogP contribution in [0.1, 0.15) is 5.56 Å². The predicted octanol–water partition coefficient (Wildman–Crippen LogP) is 1.55. The van der Waals surface area contributed by atoms with Crippen LogP contribution in [0.4, 0.5) is 10.5 Å². The maximum absolute atomic E-state index is 12.3. The third kappa shape index (κ3) is 4.58. The Kier molecular flexibility index (Phi) is 5.64. The average Bonchev–Trinajstić information content (AvgIpc) is 3.12. The van der Waals surface area contributed by atoms with Gasteiger partial charge in [-0.3, -0.25) is 4.90 Å². The first-order valence-electron chi connectivity index (χ1n) is 8.27. The number of amides is 2. The molecule has 27 heavy (non-hydrogen) atoms. The fraction of sp³-hybridized carbons (Fsp3) is 0.211. The summed E-state index contributed by atoms with van der Waals surface area (Å²) >= 11 is 0. The number of nitrogens with zero attached hydrogens (tertiary/aromatic N) is 1. The first-order valence-corrected chi connectivity index (χ1v) is 9.76. The average molecular weight is 385 g/mol. The van der Waals surface area contributed by atoms with E-state index in [4.69, 9.17) is 4.74 Å². The molecule has 0 atom stereocenters. The Hall–Kier alpha value is -3.02. The molecule has 1 heterocycles. The molecule has 1 saturated heterocycles. The van der Waals surface area contributed by atoms with E-state index < -0.39 is 10.0 Å². The third-order valence-corrected chi connectivity index (χ3v) is 5.37. The zero-order valence-corrected chi connectivity index (χ0v) is 15.5. The van der Waals surface area contributed by atoms with Gasteiger partial charge in [-0.25, -0.2) is 13.2 Å². The number of nitrogens with one attached hydrogen (secondary N) is 2. The van der Waals surface area contributed by atoms with Gasteiger partial charge in [-0.2, -0.15) is 4.72 Å². The molecule has 0 radical (unpaired) electrons. The summed E-state index contributed by atoms with van der Waals surface area (Å²) in [6, 6.07) is 13.3. The first kappa shape index (κ1) is 18.8. The van der Waals surface area contributed by atoms with Crippen molar-refractivity contribution in [2.45, 2.75) is 4.90 Å². The van der Waals surface area contributed by atoms with Gasteiger partial charge in [-0.15, -0.1) is 0 Å². The normalized spacial score (nSPS) is 13.7. The fourth-order valence-corrected chi connectivity index (χ4v) is 3.53. The second-order valence-electron chi connectivity index (χ2n) is 5.74. The summed E-state index contributed by atoms with van der Waals surface area (Å²) in [4.78, 5) is 13.4. The number of urea groups is 1. The minimum absolute atomic E-state index is 0.0180. The summed E-state index contributed by atoms with van der Waals surface area (Å²) in [5.74, 6) is 6.16. The van der Waals surface area contributed by atoms with Crippen molar-refractivity contribution in [2.75, 3.05) is 31.6 Å². The van der Waals surface area contributed by atoms with Crippen LogP contribution in [0.2, 0.25) is 0 Å². The van der Waals surface area contributed by atoms with Crippen molar-refractivity contribution in [3.63, 3.8) is 0 Å². The second kappa shape index (κ2) is 8.12. The van der Waals surface area contributed by atoms with Crippen LogP contribution in [0.25, 0.3) is 0 Å². The number of methoxy groups -OCH3 is 1. The molecule has 7 nitrogen and oxygen atoms in total. The van der Waals surface area contributed by atoms with Gasteiger partial charge < -0.3 is 10.1 Å². The third-order valence-electron chi connectivity index (χ3n) is 3.97. The summed E-state index contributed by atoms with van der Waals surface area (Å²) in [5, 5.41) is 2.75. The van der Waals surface area contributed by atoms with Crippen LogP contribution in [-0.2, 0) is 10.0 Å². The zero-order chi connectivity index (χ0) is 19.3. The number of carbonyl (C=O) groups excluding carboxylic acids is 1. The highest BCUT2D eigenvalue weighted by molar-refractivity contribution is 7.89.